The molecule has 2 amide bonds. The third kappa shape index (κ3) is 5.20. The molecule has 0 aliphatic carbocycles. The van der Waals surface area contributed by atoms with Gasteiger partial charge in [0.05, 0.1) is 12.8 Å². The molecule has 2 aromatic carbocycles. The summed E-state index contributed by atoms with van der Waals surface area (Å²) < 4.78 is 6.40. The lowest BCUT2D eigenvalue weighted by atomic mass is 10.1. The van der Waals surface area contributed by atoms with E-state index in [0.717, 1.165) is 16.8 Å². The summed E-state index contributed by atoms with van der Waals surface area (Å²) in [5, 5.41) is 9.65. The minimum atomic E-state index is -0.724. The molecular formula is C21H22N4O3. The summed E-state index contributed by atoms with van der Waals surface area (Å²) in [5.41, 5.74) is 2.83. The summed E-state index contributed by atoms with van der Waals surface area (Å²) in [5.74, 6) is -0.273. The Kier molecular flexibility index (Phi) is 6.41. The zero-order chi connectivity index (χ0) is 19.8. The van der Waals surface area contributed by atoms with Crippen LogP contribution in [0.3, 0.4) is 0 Å². The Morgan fingerprint density at radius 1 is 1.04 bits per heavy atom. The van der Waals surface area contributed by atoms with E-state index in [1.165, 1.54) is 7.11 Å². The normalized spacial score (nSPS) is 11.5. The van der Waals surface area contributed by atoms with Gasteiger partial charge in [0.2, 0.25) is 5.91 Å². The fourth-order valence-corrected chi connectivity index (χ4v) is 2.76. The molecule has 28 heavy (non-hydrogen) atoms. The number of amides is 2. The molecule has 0 radical (unpaired) electrons. The van der Waals surface area contributed by atoms with E-state index in [1.807, 2.05) is 66.9 Å². The van der Waals surface area contributed by atoms with Gasteiger partial charge in [0, 0.05) is 25.4 Å². The minimum absolute atomic E-state index is 0.273. The van der Waals surface area contributed by atoms with Gasteiger partial charge in [-0.25, -0.2) is 9.48 Å². The average molecular weight is 378 g/mol. The molecule has 7 nitrogen and oxygen atoms in total. The van der Waals surface area contributed by atoms with Gasteiger partial charge in [-0.3, -0.25) is 4.79 Å². The molecule has 0 saturated heterocycles. The minimum Gasteiger partial charge on any atom is -0.453 e. The topological polar surface area (TPSA) is 85.2 Å². The van der Waals surface area contributed by atoms with Crippen LogP contribution in [0.2, 0.25) is 0 Å². The summed E-state index contributed by atoms with van der Waals surface area (Å²) in [6.07, 6.45) is 3.32. The molecule has 144 valence electrons. The number of rotatable bonds is 7. The average Bonchev–Trinajstić information content (AvgIpc) is 3.27. The van der Waals surface area contributed by atoms with Crippen LogP contribution in [0.15, 0.2) is 73.1 Å². The first-order chi connectivity index (χ1) is 13.7. The fourth-order valence-electron chi connectivity index (χ4n) is 2.76. The number of aromatic nitrogens is 2. The Bertz CT molecular complexity index is 893. The van der Waals surface area contributed by atoms with Crippen LogP contribution < -0.4 is 10.6 Å². The molecule has 2 N–H and O–H groups in total. The van der Waals surface area contributed by atoms with E-state index in [2.05, 4.69) is 20.5 Å². The Labute approximate surface area is 163 Å². The quantitative estimate of drug-likeness (QED) is 0.661. The van der Waals surface area contributed by atoms with E-state index in [0.29, 0.717) is 13.0 Å². The highest BCUT2D eigenvalue weighted by molar-refractivity contribution is 5.85. The second-order valence-corrected chi connectivity index (χ2v) is 6.21. The molecule has 1 heterocycles. The maximum atomic E-state index is 12.6. The first-order valence-corrected chi connectivity index (χ1v) is 8.91. The molecule has 1 atom stereocenters. The van der Waals surface area contributed by atoms with Gasteiger partial charge < -0.3 is 15.4 Å². The second kappa shape index (κ2) is 9.36. The third-order valence-corrected chi connectivity index (χ3v) is 4.25. The van der Waals surface area contributed by atoms with E-state index in [4.69, 9.17) is 0 Å². The summed E-state index contributed by atoms with van der Waals surface area (Å²) in [4.78, 5) is 24.3. The Morgan fingerprint density at radius 2 is 1.79 bits per heavy atom. The number of ether oxygens (including phenoxy) is 1. The number of nitrogens with one attached hydrogen (secondary N) is 2. The van der Waals surface area contributed by atoms with Crippen LogP contribution in [0.25, 0.3) is 5.69 Å². The van der Waals surface area contributed by atoms with Crippen molar-refractivity contribution in [2.24, 2.45) is 0 Å². The van der Waals surface area contributed by atoms with Crippen LogP contribution in [-0.4, -0.2) is 34.9 Å². The molecule has 7 heteroatoms. The highest BCUT2D eigenvalue weighted by Gasteiger charge is 2.21. The van der Waals surface area contributed by atoms with E-state index in [9.17, 15) is 9.59 Å². The Hall–Kier alpha value is -3.61. The van der Waals surface area contributed by atoms with E-state index < -0.39 is 12.1 Å². The molecule has 0 spiro atoms. The standard InChI is InChI=1S/C21H22N4O3/c1-28-21(27)24-19(14-16-6-3-2-4-7-16)20(26)22-15-17-8-10-18(11-9-17)25-13-5-12-23-25/h2-13,19H,14-15H2,1H3,(H,22,26)(H,24,27). The van der Waals surface area contributed by atoms with Crippen LogP contribution in [-0.2, 0) is 22.5 Å². The summed E-state index contributed by atoms with van der Waals surface area (Å²) >= 11 is 0. The van der Waals surface area contributed by atoms with E-state index in [-0.39, 0.29) is 5.91 Å². The summed E-state index contributed by atoms with van der Waals surface area (Å²) in [7, 11) is 1.27. The van der Waals surface area contributed by atoms with E-state index >= 15 is 0 Å². The van der Waals surface area contributed by atoms with Gasteiger partial charge >= 0.3 is 6.09 Å². The highest BCUT2D eigenvalue weighted by atomic mass is 16.5. The number of hydrogen-bond acceptors (Lipinski definition) is 4. The van der Waals surface area contributed by atoms with Crippen LogP contribution in [0.5, 0.6) is 0 Å². The number of nitrogens with zero attached hydrogens (tertiary/aromatic N) is 2. The van der Waals surface area contributed by atoms with Crippen LogP contribution >= 0.6 is 0 Å². The predicted molar refractivity (Wildman–Crippen MR) is 105 cm³/mol. The largest absolute Gasteiger partial charge is 0.453 e. The molecule has 1 unspecified atom stereocenters. The molecule has 0 fully saturated rings. The zero-order valence-corrected chi connectivity index (χ0v) is 15.5. The lowest BCUT2D eigenvalue weighted by Gasteiger charge is -2.18. The number of benzene rings is 2. The van der Waals surface area contributed by atoms with Gasteiger partial charge in [0.1, 0.15) is 6.04 Å². The van der Waals surface area contributed by atoms with Gasteiger partial charge in [-0.2, -0.15) is 5.10 Å². The van der Waals surface area contributed by atoms with Crippen molar-refractivity contribution in [1.82, 2.24) is 20.4 Å². The number of hydrogen-bond donors (Lipinski definition) is 2. The van der Waals surface area contributed by atoms with Crippen molar-refractivity contribution in [2.45, 2.75) is 19.0 Å². The molecular weight excluding hydrogens is 356 g/mol. The van der Waals surface area contributed by atoms with Crippen LogP contribution in [0, 0.1) is 0 Å². The Balaban J connectivity index is 1.61. The smallest absolute Gasteiger partial charge is 0.407 e. The highest BCUT2D eigenvalue weighted by Crippen LogP contribution is 2.09. The van der Waals surface area contributed by atoms with Gasteiger partial charge in [-0.1, -0.05) is 42.5 Å². The predicted octanol–water partition coefficient (Wildman–Crippen LogP) is 2.46. The maximum Gasteiger partial charge on any atom is 0.407 e. The van der Waals surface area contributed by atoms with Crippen molar-refractivity contribution in [3.05, 3.63) is 84.2 Å². The summed E-state index contributed by atoms with van der Waals surface area (Å²) in [6.45, 7) is 0.354. The molecule has 1 aromatic heterocycles. The summed E-state index contributed by atoms with van der Waals surface area (Å²) in [6, 6.07) is 18.4. The maximum absolute atomic E-state index is 12.6. The van der Waals surface area contributed by atoms with Crippen LogP contribution in [0.1, 0.15) is 11.1 Å². The van der Waals surface area contributed by atoms with Crippen LogP contribution in [0.4, 0.5) is 4.79 Å². The Morgan fingerprint density at radius 3 is 2.43 bits per heavy atom. The molecule has 0 bridgehead atoms. The van der Waals surface area contributed by atoms with Gasteiger partial charge in [-0.05, 0) is 29.3 Å². The number of carbonyl (C=O) groups excluding carboxylic acids is 2. The van der Waals surface area contributed by atoms with Gasteiger partial charge in [0.15, 0.2) is 0 Å². The van der Waals surface area contributed by atoms with Crippen molar-refractivity contribution in [2.75, 3.05) is 7.11 Å². The van der Waals surface area contributed by atoms with Crippen molar-refractivity contribution >= 4 is 12.0 Å². The first-order valence-electron chi connectivity index (χ1n) is 8.91. The molecule has 0 aliphatic rings. The van der Waals surface area contributed by atoms with Crippen molar-refractivity contribution in [3.8, 4) is 5.69 Å². The first kappa shape index (κ1) is 19.2. The third-order valence-electron chi connectivity index (χ3n) is 4.25. The lowest BCUT2D eigenvalue weighted by molar-refractivity contribution is -0.123. The molecule has 0 aliphatic heterocycles. The lowest BCUT2D eigenvalue weighted by Crippen LogP contribution is -2.47. The SMILES string of the molecule is COC(=O)NC(Cc1ccccc1)C(=O)NCc1ccc(-n2cccn2)cc1. The fraction of sp³-hybridized carbons (Fsp3) is 0.190. The van der Waals surface area contributed by atoms with Crippen molar-refractivity contribution < 1.29 is 14.3 Å². The number of carbonyl (C=O) groups is 2. The molecule has 3 rings (SSSR count). The second-order valence-electron chi connectivity index (χ2n) is 6.21. The van der Waals surface area contributed by atoms with Crippen molar-refractivity contribution in [3.63, 3.8) is 0 Å². The number of methoxy groups -OCH3 is 1. The van der Waals surface area contributed by atoms with Gasteiger partial charge in [0.25, 0.3) is 0 Å². The monoisotopic (exact) mass is 378 g/mol. The zero-order valence-electron chi connectivity index (χ0n) is 15.5. The molecule has 0 saturated carbocycles. The molecule has 3 aromatic rings. The van der Waals surface area contributed by atoms with Gasteiger partial charge in [-0.15, -0.1) is 0 Å². The van der Waals surface area contributed by atoms with Crippen molar-refractivity contribution in [1.29, 1.82) is 0 Å². The van der Waals surface area contributed by atoms with E-state index in [1.54, 1.807) is 10.9 Å². The number of alkyl carbamates (subject to hydrolysis) is 1.